The lowest BCUT2D eigenvalue weighted by atomic mass is 10.1. The number of ether oxygens (including phenoxy) is 1. The third-order valence-corrected chi connectivity index (χ3v) is 4.40. The lowest BCUT2D eigenvalue weighted by Crippen LogP contribution is -2.44. The third-order valence-electron chi connectivity index (χ3n) is 4.23. The molecule has 6 nitrogen and oxygen atoms in total. The fraction of sp³-hybridized carbons (Fsp3) is 0.556. The number of hydrogen-bond acceptors (Lipinski definition) is 5. The Balaban J connectivity index is 2.07. The number of amides is 1. The minimum Gasteiger partial charge on any atom is -0.443 e. The number of rotatable bonds is 2. The second kappa shape index (κ2) is 6.75. The summed E-state index contributed by atoms with van der Waals surface area (Å²) in [6.45, 7) is 9.43. The van der Waals surface area contributed by atoms with Crippen LogP contribution in [0.5, 0.6) is 0 Å². The molecule has 0 aromatic carbocycles. The molecule has 25 heavy (non-hydrogen) atoms. The molecule has 134 valence electrons. The SMILES string of the molecule is C=C1Cc2nc(Cl)nc(N(C(=O)OC(C)(C)C)C3CCCC3)c2C=N1. The van der Waals surface area contributed by atoms with Gasteiger partial charge in [-0.25, -0.2) is 9.78 Å². The highest BCUT2D eigenvalue weighted by Crippen LogP contribution is 2.33. The molecule has 2 heterocycles. The summed E-state index contributed by atoms with van der Waals surface area (Å²) in [5.41, 5.74) is 1.57. The predicted molar refractivity (Wildman–Crippen MR) is 98.4 cm³/mol. The Hall–Kier alpha value is -1.95. The van der Waals surface area contributed by atoms with Crippen LogP contribution in [0.2, 0.25) is 5.28 Å². The van der Waals surface area contributed by atoms with Crippen LogP contribution in [-0.2, 0) is 11.2 Å². The zero-order valence-electron chi connectivity index (χ0n) is 14.9. The maximum absolute atomic E-state index is 12.9. The van der Waals surface area contributed by atoms with Crippen molar-refractivity contribution in [3.8, 4) is 0 Å². The van der Waals surface area contributed by atoms with Crippen LogP contribution in [0.25, 0.3) is 0 Å². The highest BCUT2D eigenvalue weighted by molar-refractivity contribution is 6.28. The van der Waals surface area contributed by atoms with Crippen molar-refractivity contribution >= 4 is 29.7 Å². The van der Waals surface area contributed by atoms with Gasteiger partial charge in [0.25, 0.3) is 0 Å². The maximum Gasteiger partial charge on any atom is 0.416 e. The molecule has 0 bridgehead atoms. The highest BCUT2D eigenvalue weighted by Gasteiger charge is 2.35. The Bertz CT molecular complexity index is 733. The summed E-state index contributed by atoms with van der Waals surface area (Å²) in [7, 11) is 0. The van der Waals surface area contributed by atoms with E-state index in [1.807, 2.05) is 20.8 Å². The first-order chi connectivity index (χ1) is 11.7. The molecule has 3 rings (SSSR count). The van der Waals surface area contributed by atoms with Gasteiger partial charge in [0.05, 0.1) is 11.3 Å². The zero-order valence-corrected chi connectivity index (χ0v) is 15.6. The predicted octanol–water partition coefficient (Wildman–Crippen LogP) is 4.30. The number of fused-ring (bicyclic) bond motifs is 1. The number of halogens is 1. The average molecular weight is 363 g/mol. The van der Waals surface area contributed by atoms with Crippen LogP contribution in [0.4, 0.5) is 10.6 Å². The normalized spacial score (nSPS) is 17.5. The average Bonchev–Trinajstić information content (AvgIpc) is 2.98. The monoisotopic (exact) mass is 362 g/mol. The smallest absolute Gasteiger partial charge is 0.416 e. The van der Waals surface area contributed by atoms with E-state index in [1.165, 1.54) is 0 Å². The van der Waals surface area contributed by atoms with Crippen LogP contribution in [0.15, 0.2) is 17.3 Å². The van der Waals surface area contributed by atoms with Crippen molar-refractivity contribution in [3.63, 3.8) is 0 Å². The van der Waals surface area contributed by atoms with E-state index in [4.69, 9.17) is 16.3 Å². The third kappa shape index (κ3) is 4.00. The summed E-state index contributed by atoms with van der Waals surface area (Å²) in [6.07, 6.45) is 5.74. The van der Waals surface area contributed by atoms with E-state index < -0.39 is 11.7 Å². The number of allylic oxidation sites excluding steroid dienone is 1. The molecule has 1 aromatic rings. The molecule has 1 amide bonds. The molecular formula is C18H23ClN4O2. The number of carbonyl (C=O) groups is 1. The fourth-order valence-corrected chi connectivity index (χ4v) is 3.38. The minimum absolute atomic E-state index is 0.0449. The molecule has 0 saturated heterocycles. The molecule has 0 N–H and O–H groups in total. The van der Waals surface area contributed by atoms with E-state index in [0.717, 1.165) is 36.9 Å². The van der Waals surface area contributed by atoms with Crippen LogP contribution >= 0.6 is 11.6 Å². The van der Waals surface area contributed by atoms with Gasteiger partial charge in [0.2, 0.25) is 5.28 Å². The van der Waals surface area contributed by atoms with Crippen LogP contribution in [-0.4, -0.2) is 33.9 Å². The molecule has 1 aliphatic carbocycles. The van der Waals surface area contributed by atoms with Crippen LogP contribution in [0.3, 0.4) is 0 Å². The van der Waals surface area contributed by atoms with Gasteiger partial charge < -0.3 is 4.74 Å². The minimum atomic E-state index is -0.590. The number of carbonyl (C=O) groups excluding carboxylic acids is 1. The summed E-state index contributed by atoms with van der Waals surface area (Å²) < 4.78 is 5.64. The number of anilines is 1. The van der Waals surface area contributed by atoms with Crippen molar-refractivity contribution in [2.24, 2.45) is 4.99 Å². The summed E-state index contributed by atoms with van der Waals surface area (Å²) >= 11 is 6.14. The van der Waals surface area contributed by atoms with Gasteiger partial charge in [-0.1, -0.05) is 19.4 Å². The van der Waals surface area contributed by atoms with Gasteiger partial charge in [-0.3, -0.25) is 9.89 Å². The lowest BCUT2D eigenvalue weighted by Gasteiger charge is -2.32. The molecule has 7 heteroatoms. The summed E-state index contributed by atoms with van der Waals surface area (Å²) in [5.74, 6) is 0.479. The van der Waals surface area contributed by atoms with Crippen molar-refractivity contribution in [3.05, 3.63) is 28.8 Å². The Labute approximate surface area is 153 Å². The van der Waals surface area contributed by atoms with Crippen molar-refractivity contribution in [2.75, 3.05) is 4.90 Å². The summed E-state index contributed by atoms with van der Waals surface area (Å²) in [6, 6.07) is 0.0449. The van der Waals surface area contributed by atoms with Gasteiger partial charge in [0.15, 0.2) is 5.82 Å². The van der Waals surface area contributed by atoms with Crippen LogP contribution in [0, 0.1) is 0 Å². The van der Waals surface area contributed by atoms with E-state index in [1.54, 1.807) is 11.1 Å². The quantitative estimate of drug-likeness (QED) is 0.735. The van der Waals surface area contributed by atoms with Gasteiger partial charge in [-0.05, 0) is 45.2 Å². The standard InChI is InChI=1S/C18H23ClN4O2/c1-11-9-14-13(10-20-11)15(22-16(19)21-14)23(12-7-5-6-8-12)17(24)25-18(2,3)4/h10,12H,1,5-9H2,2-4H3. The Morgan fingerprint density at radius 2 is 2.00 bits per heavy atom. The topological polar surface area (TPSA) is 67.7 Å². The molecule has 1 aromatic heterocycles. The van der Waals surface area contributed by atoms with E-state index in [9.17, 15) is 4.79 Å². The van der Waals surface area contributed by atoms with Crippen LogP contribution in [0.1, 0.15) is 57.7 Å². The highest BCUT2D eigenvalue weighted by atomic mass is 35.5. The number of hydrogen-bond donors (Lipinski definition) is 0. The molecule has 0 atom stereocenters. The van der Waals surface area contributed by atoms with Gasteiger partial charge in [-0.15, -0.1) is 0 Å². The maximum atomic E-state index is 12.9. The van der Waals surface area contributed by atoms with Crippen molar-refractivity contribution in [1.29, 1.82) is 0 Å². The van der Waals surface area contributed by atoms with Gasteiger partial charge >= 0.3 is 6.09 Å². The first-order valence-corrected chi connectivity index (χ1v) is 8.93. The van der Waals surface area contributed by atoms with Crippen LogP contribution < -0.4 is 4.90 Å². The largest absolute Gasteiger partial charge is 0.443 e. The van der Waals surface area contributed by atoms with E-state index >= 15 is 0 Å². The first kappa shape index (κ1) is 17.9. The molecule has 0 spiro atoms. The number of aliphatic imine (C=N–C) groups is 1. The molecule has 1 aliphatic heterocycles. The van der Waals surface area contributed by atoms with E-state index in [2.05, 4.69) is 21.5 Å². The molecular weight excluding hydrogens is 340 g/mol. The van der Waals surface area contributed by atoms with Gasteiger partial charge in [0, 0.05) is 24.4 Å². The summed E-state index contributed by atoms with van der Waals surface area (Å²) in [4.78, 5) is 27.5. The van der Waals surface area contributed by atoms with Crippen molar-refractivity contribution in [2.45, 2.75) is 64.5 Å². The van der Waals surface area contributed by atoms with E-state index in [0.29, 0.717) is 17.9 Å². The van der Waals surface area contributed by atoms with Gasteiger partial charge in [-0.2, -0.15) is 4.98 Å². The van der Waals surface area contributed by atoms with Gasteiger partial charge in [0.1, 0.15) is 5.60 Å². The first-order valence-electron chi connectivity index (χ1n) is 8.55. The summed E-state index contributed by atoms with van der Waals surface area (Å²) in [5, 5.41) is 0.114. The zero-order chi connectivity index (χ0) is 18.2. The molecule has 0 unspecified atom stereocenters. The second-order valence-corrected chi connectivity index (χ2v) is 7.80. The Morgan fingerprint density at radius 3 is 2.64 bits per heavy atom. The molecule has 0 radical (unpaired) electrons. The van der Waals surface area contributed by atoms with Crippen molar-refractivity contribution < 1.29 is 9.53 Å². The lowest BCUT2D eigenvalue weighted by molar-refractivity contribution is 0.0564. The number of aromatic nitrogens is 2. The molecule has 1 saturated carbocycles. The Kier molecular flexibility index (Phi) is 4.82. The number of nitrogens with zero attached hydrogens (tertiary/aromatic N) is 4. The fourth-order valence-electron chi connectivity index (χ4n) is 3.20. The second-order valence-electron chi connectivity index (χ2n) is 7.47. The van der Waals surface area contributed by atoms with E-state index in [-0.39, 0.29) is 11.3 Å². The van der Waals surface area contributed by atoms with Crippen molar-refractivity contribution in [1.82, 2.24) is 9.97 Å². The molecule has 2 aliphatic rings. The molecule has 1 fully saturated rings. The Morgan fingerprint density at radius 1 is 1.32 bits per heavy atom.